The first-order chi connectivity index (χ1) is 11.4. The highest BCUT2D eigenvalue weighted by molar-refractivity contribution is 5.61. The summed E-state index contributed by atoms with van der Waals surface area (Å²) in [4.78, 5) is 22.8. The van der Waals surface area contributed by atoms with Crippen molar-refractivity contribution in [2.24, 2.45) is 10.8 Å². The van der Waals surface area contributed by atoms with Gasteiger partial charge in [0.2, 0.25) is 0 Å². The largest absolute Gasteiger partial charge is 0.508 e. The van der Waals surface area contributed by atoms with Crippen molar-refractivity contribution in [3.05, 3.63) is 12.5 Å². The van der Waals surface area contributed by atoms with Crippen LogP contribution >= 0.6 is 0 Å². The van der Waals surface area contributed by atoms with Crippen LogP contribution in [0.1, 0.15) is 26.7 Å². The molecule has 8 heteroatoms. The Bertz CT molecular complexity index is 424. The second kappa shape index (κ2) is 7.63. The van der Waals surface area contributed by atoms with Crippen LogP contribution in [0.5, 0.6) is 0 Å². The van der Waals surface area contributed by atoms with Gasteiger partial charge in [-0.05, 0) is 19.4 Å². The molecule has 136 valence electrons. The highest BCUT2D eigenvalue weighted by atomic mass is 16.7. The molecule has 0 spiro atoms. The van der Waals surface area contributed by atoms with Crippen LogP contribution in [0.25, 0.3) is 0 Å². The van der Waals surface area contributed by atoms with Gasteiger partial charge in [0.05, 0.1) is 10.8 Å². The quantitative estimate of drug-likeness (QED) is 0.679. The molecule has 8 nitrogen and oxygen atoms in total. The van der Waals surface area contributed by atoms with E-state index in [4.69, 9.17) is 28.4 Å². The first-order valence-electron chi connectivity index (χ1n) is 7.96. The zero-order chi connectivity index (χ0) is 17.6. The molecular weight excluding hydrogens is 320 g/mol. The smallest absolute Gasteiger partial charge is 0.465 e. The molecule has 0 aliphatic carbocycles. The normalized spacial score (nSPS) is 21.6. The molecule has 0 unspecified atom stereocenters. The lowest BCUT2D eigenvalue weighted by Crippen LogP contribution is -2.43. The average molecular weight is 344 g/mol. The molecule has 0 N–H and O–H groups in total. The Morgan fingerprint density at radius 2 is 1.38 bits per heavy atom. The van der Waals surface area contributed by atoms with E-state index in [0.717, 1.165) is 6.42 Å². The van der Waals surface area contributed by atoms with Crippen molar-refractivity contribution in [3.8, 4) is 0 Å². The number of rotatable bonds is 6. The lowest BCUT2D eigenvalue weighted by Gasteiger charge is -2.36. The molecule has 0 radical (unpaired) electrons. The van der Waals surface area contributed by atoms with E-state index >= 15 is 0 Å². The Morgan fingerprint density at radius 3 is 1.79 bits per heavy atom. The Kier molecular flexibility index (Phi) is 5.80. The van der Waals surface area contributed by atoms with Crippen LogP contribution in [-0.4, -0.2) is 52.0 Å². The molecule has 2 rings (SSSR count). The number of carbonyl (C=O) groups is 2. The molecule has 2 aliphatic rings. The summed E-state index contributed by atoms with van der Waals surface area (Å²) >= 11 is 0. The monoisotopic (exact) mass is 344 g/mol. The van der Waals surface area contributed by atoms with E-state index in [1.165, 1.54) is 0 Å². The van der Waals surface area contributed by atoms with Crippen LogP contribution in [0.4, 0.5) is 9.59 Å². The Morgan fingerprint density at radius 1 is 0.958 bits per heavy atom. The van der Waals surface area contributed by atoms with E-state index in [1.54, 1.807) is 0 Å². The third-order valence-electron chi connectivity index (χ3n) is 4.56. The summed E-state index contributed by atoms with van der Waals surface area (Å²) in [5, 5.41) is 0. The first-order valence-corrected chi connectivity index (χ1v) is 7.96. The number of ether oxygens (including phenoxy) is 6. The van der Waals surface area contributed by atoms with Gasteiger partial charge in [-0.2, -0.15) is 0 Å². The highest BCUT2D eigenvalue weighted by Crippen LogP contribution is 2.30. The standard InChI is InChI=1S/C16H24O8/c1-4-15(6-19-12(3)20-7-15)8-21-13(17)22-9-16(5-2)10-23-14(18)24-11-16/h3-11H2,1-2H3. The van der Waals surface area contributed by atoms with Crippen molar-refractivity contribution in [2.75, 3.05) is 39.6 Å². The van der Waals surface area contributed by atoms with Gasteiger partial charge in [0.1, 0.15) is 39.6 Å². The van der Waals surface area contributed by atoms with Crippen LogP contribution in [-0.2, 0) is 28.4 Å². The summed E-state index contributed by atoms with van der Waals surface area (Å²) in [6.45, 7) is 8.69. The number of hydrogen-bond acceptors (Lipinski definition) is 8. The van der Waals surface area contributed by atoms with Crippen LogP contribution in [0.3, 0.4) is 0 Å². The first kappa shape index (κ1) is 18.2. The third kappa shape index (κ3) is 4.46. The second-order valence-corrected chi connectivity index (χ2v) is 6.31. The van der Waals surface area contributed by atoms with Gasteiger partial charge in [0, 0.05) is 0 Å². The van der Waals surface area contributed by atoms with Crippen LogP contribution in [0.15, 0.2) is 12.5 Å². The molecule has 2 aliphatic heterocycles. The fourth-order valence-electron chi connectivity index (χ4n) is 2.30. The minimum atomic E-state index is -0.781. The van der Waals surface area contributed by atoms with Gasteiger partial charge in [-0.1, -0.05) is 13.8 Å². The lowest BCUT2D eigenvalue weighted by atomic mass is 9.87. The van der Waals surface area contributed by atoms with E-state index in [0.29, 0.717) is 19.6 Å². The molecule has 24 heavy (non-hydrogen) atoms. The van der Waals surface area contributed by atoms with Crippen LogP contribution < -0.4 is 0 Å². The van der Waals surface area contributed by atoms with Gasteiger partial charge < -0.3 is 28.4 Å². The number of cyclic esters (lactones) is 2. The minimum Gasteiger partial charge on any atom is -0.465 e. The molecule has 0 aromatic heterocycles. The number of carbonyl (C=O) groups excluding carboxylic acids is 2. The summed E-state index contributed by atoms with van der Waals surface area (Å²) < 4.78 is 30.8. The predicted molar refractivity (Wildman–Crippen MR) is 81.1 cm³/mol. The molecule has 2 saturated heterocycles. The fourth-order valence-corrected chi connectivity index (χ4v) is 2.30. The van der Waals surface area contributed by atoms with Gasteiger partial charge >= 0.3 is 12.3 Å². The molecule has 0 aromatic rings. The molecular formula is C16H24O8. The van der Waals surface area contributed by atoms with Gasteiger partial charge in [0.15, 0.2) is 0 Å². The van der Waals surface area contributed by atoms with Crippen molar-refractivity contribution >= 4 is 12.3 Å². The average Bonchev–Trinajstić information content (AvgIpc) is 2.62. The van der Waals surface area contributed by atoms with E-state index in [1.807, 2.05) is 13.8 Å². The Labute approximate surface area is 141 Å². The molecule has 0 saturated carbocycles. The van der Waals surface area contributed by atoms with Gasteiger partial charge in [-0.3, -0.25) is 0 Å². The van der Waals surface area contributed by atoms with Crippen molar-refractivity contribution < 1.29 is 38.0 Å². The van der Waals surface area contributed by atoms with Gasteiger partial charge in [0.25, 0.3) is 5.95 Å². The topological polar surface area (TPSA) is 89.5 Å². The SMILES string of the molecule is C=C1OCC(CC)(COC(=O)OCC2(CC)COC(=O)OC2)CO1. The Hall–Kier alpha value is -2.12. The fraction of sp³-hybridized carbons (Fsp3) is 0.750. The van der Waals surface area contributed by atoms with Gasteiger partial charge in [-0.15, -0.1) is 0 Å². The summed E-state index contributed by atoms with van der Waals surface area (Å²) in [5.41, 5.74) is -0.948. The van der Waals surface area contributed by atoms with Crippen molar-refractivity contribution in [1.29, 1.82) is 0 Å². The maximum Gasteiger partial charge on any atom is 0.508 e. The van der Waals surface area contributed by atoms with E-state index in [2.05, 4.69) is 6.58 Å². The predicted octanol–water partition coefficient (Wildman–Crippen LogP) is 2.62. The molecule has 0 aromatic carbocycles. The van der Waals surface area contributed by atoms with Crippen molar-refractivity contribution in [3.63, 3.8) is 0 Å². The van der Waals surface area contributed by atoms with Crippen LogP contribution in [0.2, 0.25) is 0 Å². The molecule has 0 amide bonds. The molecule has 0 atom stereocenters. The Balaban J connectivity index is 1.78. The van der Waals surface area contributed by atoms with Gasteiger partial charge in [-0.25, -0.2) is 9.59 Å². The zero-order valence-corrected chi connectivity index (χ0v) is 14.1. The zero-order valence-electron chi connectivity index (χ0n) is 14.1. The van der Waals surface area contributed by atoms with Crippen molar-refractivity contribution in [2.45, 2.75) is 26.7 Å². The third-order valence-corrected chi connectivity index (χ3v) is 4.56. The molecule has 2 heterocycles. The minimum absolute atomic E-state index is 0.0541. The summed E-state index contributed by atoms with van der Waals surface area (Å²) in [5.74, 6) is 0.276. The van der Waals surface area contributed by atoms with E-state index < -0.39 is 23.1 Å². The summed E-state index contributed by atoms with van der Waals surface area (Å²) in [6, 6.07) is 0. The maximum absolute atomic E-state index is 11.9. The van der Waals surface area contributed by atoms with Crippen LogP contribution in [0, 0.1) is 10.8 Å². The summed E-state index contributed by atoms with van der Waals surface area (Å²) in [7, 11) is 0. The maximum atomic E-state index is 11.9. The lowest BCUT2D eigenvalue weighted by molar-refractivity contribution is -0.126. The molecule has 0 bridgehead atoms. The van der Waals surface area contributed by atoms with Crippen molar-refractivity contribution in [1.82, 2.24) is 0 Å². The second-order valence-electron chi connectivity index (χ2n) is 6.31. The summed E-state index contributed by atoms with van der Waals surface area (Å²) in [6.07, 6.45) is -0.130. The molecule has 2 fully saturated rings. The van der Waals surface area contributed by atoms with E-state index in [9.17, 15) is 9.59 Å². The van der Waals surface area contributed by atoms with E-state index in [-0.39, 0.29) is 32.4 Å². The highest BCUT2D eigenvalue weighted by Gasteiger charge is 2.39. The number of hydrogen-bond donors (Lipinski definition) is 0.